The first-order valence-electron chi connectivity index (χ1n) is 25.0. The van der Waals surface area contributed by atoms with Crippen LogP contribution < -0.4 is 5.32 Å². The quantitative estimate of drug-likeness (QED) is 0.0288. The van der Waals surface area contributed by atoms with Crippen molar-refractivity contribution in [3.63, 3.8) is 0 Å². The average molecular weight is 801 g/mol. The summed E-state index contributed by atoms with van der Waals surface area (Å²) in [7, 11) is 0. The predicted molar refractivity (Wildman–Crippen MR) is 252 cm³/mol. The van der Waals surface area contributed by atoms with Gasteiger partial charge in [-0.1, -0.05) is 194 Å². The van der Waals surface area contributed by atoms with E-state index in [0.717, 1.165) is 95.2 Å². The van der Waals surface area contributed by atoms with Crippen molar-refractivity contribution in [2.45, 2.75) is 252 Å². The summed E-state index contributed by atoms with van der Waals surface area (Å²) in [6.07, 6.45) is 44.0. The van der Waals surface area contributed by atoms with Crippen LogP contribution in [0, 0.1) is 5.92 Å². The molecule has 57 heavy (non-hydrogen) atoms. The van der Waals surface area contributed by atoms with E-state index >= 15 is 0 Å². The van der Waals surface area contributed by atoms with Crippen LogP contribution in [-0.4, -0.2) is 50.2 Å². The van der Waals surface area contributed by atoms with E-state index in [9.17, 15) is 4.79 Å². The second kappa shape index (κ2) is 45.2. The van der Waals surface area contributed by atoms with E-state index in [1.165, 1.54) is 180 Å². The van der Waals surface area contributed by atoms with Gasteiger partial charge in [-0.05, 0) is 89.8 Å². The Hall–Kier alpha value is -1.93. The maximum Gasteiger partial charge on any atom is 0.207 e. The lowest BCUT2D eigenvalue weighted by Crippen LogP contribution is -2.29. The monoisotopic (exact) mass is 801 g/mol. The molecule has 0 bridgehead atoms. The molecule has 0 heterocycles. The highest BCUT2D eigenvalue weighted by Gasteiger charge is 2.13. The number of ether oxygens (including phenoxy) is 2. The van der Waals surface area contributed by atoms with E-state index < -0.39 is 0 Å². The Morgan fingerprint density at radius 2 is 0.982 bits per heavy atom. The van der Waals surface area contributed by atoms with Crippen LogP contribution in [-0.2, 0) is 14.3 Å². The second-order valence-electron chi connectivity index (χ2n) is 17.1. The molecule has 0 aromatic heterocycles. The number of carbonyl (C=O) groups is 1. The van der Waals surface area contributed by atoms with E-state index in [-0.39, 0.29) is 1.43 Å². The fourth-order valence-corrected chi connectivity index (χ4v) is 8.04. The molecule has 0 saturated carbocycles. The lowest BCUT2D eigenvalue weighted by molar-refractivity contribution is -0.109. The summed E-state index contributed by atoms with van der Waals surface area (Å²) in [5.74, 6) is 2.77. The van der Waals surface area contributed by atoms with Crippen molar-refractivity contribution in [2.24, 2.45) is 5.92 Å². The first-order valence-corrected chi connectivity index (χ1v) is 25.0. The molecular weight excluding hydrogens is 701 g/mol. The molecule has 5 heteroatoms. The molecule has 0 aliphatic carbocycles. The third-order valence-corrected chi connectivity index (χ3v) is 11.8. The Bertz CT molecular complexity index is 936. The topological polar surface area (TPSA) is 50.8 Å². The molecule has 1 N–H and O–H groups in total. The number of carbonyl (C=O) groups excluding carboxylic acids is 1. The van der Waals surface area contributed by atoms with Gasteiger partial charge in [0, 0.05) is 20.8 Å². The van der Waals surface area contributed by atoms with Gasteiger partial charge in [-0.15, -0.1) is 0 Å². The number of nitrogens with zero attached hydrogens (tertiary/aromatic N) is 1. The Morgan fingerprint density at radius 3 is 1.47 bits per heavy atom. The molecular formula is C52H100N2O3. The van der Waals surface area contributed by atoms with Crippen molar-refractivity contribution in [3.05, 3.63) is 36.1 Å². The van der Waals surface area contributed by atoms with Gasteiger partial charge in [0.05, 0.1) is 12.7 Å². The zero-order valence-corrected chi connectivity index (χ0v) is 38.9. The molecule has 0 fully saturated rings. The maximum atomic E-state index is 10.8. The molecule has 0 aliphatic heterocycles. The van der Waals surface area contributed by atoms with Crippen molar-refractivity contribution in [2.75, 3.05) is 32.8 Å². The largest absolute Gasteiger partial charge is 0.490 e. The molecule has 0 atom stereocenters. The Morgan fingerprint density at radius 1 is 0.544 bits per heavy atom. The third kappa shape index (κ3) is 38.1. The van der Waals surface area contributed by atoms with Crippen LogP contribution in [0.4, 0.5) is 0 Å². The van der Waals surface area contributed by atoms with Crippen molar-refractivity contribution in [1.29, 1.82) is 0 Å². The van der Waals surface area contributed by atoms with Crippen LogP contribution in [0.15, 0.2) is 36.1 Å². The highest BCUT2D eigenvalue weighted by molar-refractivity contribution is 5.45. The predicted octanol–water partition coefficient (Wildman–Crippen LogP) is 16.0. The van der Waals surface area contributed by atoms with Gasteiger partial charge in [0.1, 0.15) is 11.5 Å². The highest BCUT2D eigenvalue weighted by atomic mass is 16.5. The van der Waals surface area contributed by atoms with Crippen LogP contribution in [0.25, 0.3) is 0 Å². The fraction of sp³-hybridized carbons (Fsp3) is 0.865. The van der Waals surface area contributed by atoms with Crippen molar-refractivity contribution < 1.29 is 15.7 Å². The second-order valence-corrected chi connectivity index (χ2v) is 17.1. The van der Waals surface area contributed by atoms with Crippen molar-refractivity contribution >= 4 is 6.41 Å². The van der Waals surface area contributed by atoms with Gasteiger partial charge >= 0.3 is 0 Å². The fourth-order valence-electron chi connectivity index (χ4n) is 8.04. The van der Waals surface area contributed by atoms with Gasteiger partial charge in [0.15, 0.2) is 0 Å². The van der Waals surface area contributed by atoms with Crippen LogP contribution in [0.1, 0.15) is 247 Å². The zero-order valence-electron chi connectivity index (χ0n) is 38.9. The zero-order chi connectivity index (χ0) is 41.7. The van der Waals surface area contributed by atoms with Gasteiger partial charge in [0.2, 0.25) is 6.41 Å². The normalized spacial score (nSPS) is 11.3. The van der Waals surface area contributed by atoms with Crippen LogP contribution in [0.5, 0.6) is 0 Å². The minimum atomic E-state index is 0. The Balaban J connectivity index is 0. The van der Waals surface area contributed by atoms with Crippen molar-refractivity contribution in [3.8, 4) is 0 Å². The summed E-state index contributed by atoms with van der Waals surface area (Å²) in [6, 6.07) is 0. The molecule has 1 amide bonds. The van der Waals surface area contributed by atoms with E-state index in [4.69, 9.17) is 9.47 Å². The first kappa shape index (κ1) is 55.1. The van der Waals surface area contributed by atoms with E-state index in [1.807, 2.05) is 0 Å². The number of amides is 1. The van der Waals surface area contributed by atoms with E-state index in [2.05, 4.69) is 62.5 Å². The van der Waals surface area contributed by atoms with Crippen molar-refractivity contribution in [1.82, 2.24) is 10.2 Å². The summed E-state index contributed by atoms with van der Waals surface area (Å²) in [4.78, 5) is 13.4. The van der Waals surface area contributed by atoms with E-state index in [0.29, 0.717) is 6.10 Å². The Labute approximate surface area is 358 Å². The number of allylic oxidation sites excluding steroid dienone is 2. The summed E-state index contributed by atoms with van der Waals surface area (Å²) >= 11 is 0. The summed E-state index contributed by atoms with van der Waals surface area (Å²) in [5, 5.41) is 2.85. The summed E-state index contributed by atoms with van der Waals surface area (Å²) in [5.41, 5.74) is 6.26. The van der Waals surface area contributed by atoms with Crippen LogP contribution in [0.3, 0.4) is 0 Å². The van der Waals surface area contributed by atoms with Gasteiger partial charge in [-0.25, -0.2) is 0 Å². The number of rotatable bonds is 47. The van der Waals surface area contributed by atoms with Gasteiger partial charge in [-0.3, -0.25) is 4.79 Å². The molecule has 336 valence electrons. The molecule has 0 radical (unpaired) electrons. The molecule has 5 nitrogen and oxygen atoms in total. The smallest absolute Gasteiger partial charge is 0.207 e. The van der Waals surface area contributed by atoms with Gasteiger partial charge in [0.25, 0.3) is 0 Å². The van der Waals surface area contributed by atoms with E-state index in [1.54, 1.807) is 0 Å². The molecule has 0 spiro atoms. The summed E-state index contributed by atoms with van der Waals surface area (Å²) < 4.78 is 12.7. The first-order chi connectivity index (χ1) is 28.1. The molecule has 0 unspecified atom stereocenters. The highest BCUT2D eigenvalue weighted by Crippen LogP contribution is 2.23. The van der Waals surface area contributed by atoms with Gasteiger partial charge < -0.3 is 19.7 Å². The third-order valence-electron chi connectivity index (χ3n) is 11.8. The Kier molecular flexibility index (Phi) is 43.6. The lowest BCUT2D eigenvalue weighted by Gasteiger charge is -2.22. The molecule has 0 aromatic rings. The number of nitrogens with one attached hydrogen (secondary N) is 1. The minimum absolute atomic E-state index is 0. The minimum Gasteiger partial charge on any atom is -0.490 e. The lowest BCUT2D eigenvalue weighted by atomic mass is 9.93. The standard InChI is InChI=1S/C52H98N2O3.H2/c1-7-13-17-19-23-31-40-52(41-32-24-20-18-14-8-2)57-51(12-6)39-30-26-22-28-34-45-54(46-35-43-53-48-55)44-33-27-21-25-29-38-50(11-5)56-47-42-49(36-15-9-3)37-16-10-4;/h48-49,52H,5-10,13-47H2,1-4H3,(H,53,55);1H. The van der Waals surface area contributed by atoms with Crippen LogP contribution >= 0.6 is 0 Å². The average Bonchev–Trinajstić information content (AvgIpc) is 3.22. The SMILES string of the molecule is C=C=C(CCCCCCCN(CCCCCCCC(=C=C)OC(CCCCCCCC)CCCCCCCC)CCCNC=O)OCCC(CCCC)CCCC.[HH]. The maximum absolute atomic E-state index is 10.8. The molecule has 0 aliphatic rings. The molecule has 0 aromatic carbocycles. The number of unbranched alkanes of at least 4 members (excludes halogenated alkanes) is 20. The number of hydrogen-bond acceptors (Lipinski definition) is 4. The number of hydrogen-bond donors (Lipinski definition) is 1. The summed E-state index contributed by atoms with van der Waals surface area (Å²) in [6.45, 7) is 22.0. The molecule has 0 saturated heterocycles. The van der Waals surface area contributed by atoms with Gasteiger partial charge in [-0.2, -0.15) is 0 Å². The van der Waals surface area contributed by atoms with Crippen LogP contribution in [0.2, 0.25) is 0 Å². The molecule has 0 rings (SSSR count).